The standard InChI is InChI=1S/C43H82O6/c1-6-8-9-10-11-13-18-25-30-35-43(46)49-40(37-48-42(45)34-29-24-20-19-22-27-32-39(5)7-2)36-47-41(44)33-28-23-17-15-12-14-16-21-26-31-38(3)4/h38-40H,6-37H2,1-5H3/t39?,40-/m1/s1. The molecule has 0 rings (SSSR count). The van der Waals surface area contributed by atoms with Gasteiger partial charge >= 0.3 is 17.9 Å². The molecule has 0 aliphatic carbocycles. The van der Waals surface area contributed by atoms with Crippen molar-refractivity contribution in [2.45, 2.75) is 233 Å². The van der Waals surface area contributed by atoms with Gasteiger partial charge in [-0.2, -0.15) is 0 Å². The van der Waals surface area contributed by atoms with Gasteiger partial charge in [0, 0.05) is 19.3 Å². The highest BCUT2D eigenvalue weighted by Gasteiger charge is 2.19. The van der Waals surface area contributed by atoms with Crippen molar-refractivity contribution >= 4 is 17.9 Å². The number of hydrogen-bond donors (Lipinski definition) is 0. The first-order valence-corrected chi connectivity index (χ1v) is 21.3. The van der Waals surface area contributed by atoms with E-state index in [0.717, 1.165) is 69.6 Å². The molecule has 2 atom stereocenters. The molecule has 0 aromatic rings. The molecule has 0 aromatic carbocycles. The Morgan fingerprint density at radius 2 is 0.776 bits per heavy atom. The smallest absolute Gasteiger partial charge is 0.306 e. The second-order valence-electron chi connectivity index (χ2n) is 15.3. The van der Waals surface area contributed by atoms with Gasteiger partial charge in [0.15, 0.2) is 6.10 Å². The summed E-state index contributed by atoms with van der Waals surface area (Å²) in [5, 5.41) is 0. The molecule has 0 fully saturated rings. The van der Waals surface area contributed by atoms with Crippen LogP contribution in [0.3, 0.4) is 0 Å². The number of esters is 3. The summed E-state index contributed by atoms with van der Waals surface area (Å²) >= 11 is 0. The molecule has 0 radical (unpaired) electrons. The first kappa shape index (κ1) is 47.4. The topological polar surface area (TPSA) is 78.9 Å². The van der Waals surface area contributed by atoms with Crippen LogP contribution in [0, 0.1) is 11.8 Å². The third-order valence-corrected chi connectivity index (χ3v) is 9.83. The van der Waals surface area contributed by atoms with Crippen molar-refractivity contribution in [3.05, 3.63) is 0 Å². The zero-order valence-corrected chi connectivity index (χ0v) is 33.3. The summed E-state index contributed by atoms with van der Waals surface area (Å²) < 4.78 is 16.6. The minimum atomic E-state index is -0.759. The average Bonchev–Trinajstić information content (AvgIpc) is 3.08. The number of hydrogen-bond acceptors (Lipinski definition) is 6. The van der Waals surface area contributed by atoms with Gasteiger partial charge in [-0.05, 0) is 31.1 Å². The normalized spacial score (nSPS) is 12.6. The maximum absolute atomic E-state index is 12.6. The summed E-state index contributed by atoms with van der Waals surface area (Å²) in [5.41, 5.74) is 0. The zero-order valence-electron chi connectivity index (χ0n) is 33.3. The monoisotopic (exact) mass is 695 g/mol. The van der Waals surface area contributed by atoms with Gasteiger partial charge in [0.25, 0.3) is 0 Å². The number of rotatable bonds is 37. The van der Waals surface area contributed by atoms with E-state index in [1.54, 1.807) is 0 Å². The first-order valence-electron chi connectivity index (χ1n) is 21.3. The van der Waals surface area contributed by atoms with E-state index in [0.29, 0.717) is 19.3 Å². The van der Waals surface area contributed by atoms with Crippen LogP contribution >= 0.6 is 0 Å². The molecule has 0 heterocycles. The van der Waals surface area contributed by atoms with E-state index in [4.69, 9.17) is 14.2 Å². The van der Waals surface area contributed by atoms with E-state index < -0.39 is 6.10 Å². The summed E-state index contributed by atoms with van der Waals surface area (Å²) in [5.74, 6) is 0.755. The lowest BCUT2D eigenvalue weighted by atomic mass is 10.00. The number of unbranched alkanes of at least 4 members (excludes halogenated alkanes) is 21. The molecular weight excluding hydrogens is 612 g/mol. The quantitative estimate of drug-likeness (QED) is 0.0366. The minimum Gasteiger partial charge on any atom is -0.462 e. The molecule has 6 heteroatoms. The molecule has 0 N–H and O–H groups in total. The van der Waals surface area contributed by atoms with Gasteiger partial charge < -0.3 is 14.2 Å². The molecule has 49 heavy (non-hydrogen) atoms. The van der Waals surface area contributed by atoms with E-state index in [1.807, 2.05) is 0 Å². The fourth-order valence-corrected chi connectivity index (χ4v) is 6.19. The molecule has 0 saturated carbocycles. The largest absolute Gasteiger partial charge is 0.462 e. The van der Waals surface area contributed by atoms with Crippen LogP contribution in [0.5, 0.6) is 0 Å². The second kappa shape index (κ2) is 36.2. The van der Waals surface area contributed by atoms with E-state index >= 15 is 0 Å². The van der Waals surface area contributed by atoms with Crippen LogP contribution in [0.4, 0.5) is 0 Å². The maximum Gasteiger partial charge on any atom is 0.306 e. The van der Waals surface area contributed by atoms with E-state index in [9.17, 15) is 14.4 Å². The molecular formula is C43H82O6. The Hall–Kier alpha value is -1.59. The van der Waals surface area contributed by atoms with Crippen molar-refractivity contribution in [3.8, 4) is 0 Å². The van der Waals surface area contributed by atoms with Gasteiger partial charge in [-0.1, -0.05) is 189 Å². The number of carbonyl (C=O) groups is 3. The maximum atomic E-state index is 12.6. The lowest BCUT2D eigenvalue weighted by Gasteiger charge is -2.18. The van der Waals surface area contributed by atoms with E-state index in [1.165, 1.54) is 116 Å². The Bertz CT molecular complexity index is 751. The third kappa shape index (κ3) is 36.0. The lowest BCUT2D eigenvalue weighted by Crippen LogP contribution is -2.30. The van der Waals surface area contributed by atoms with Crippen molar-refractivity contribution < 1.29 is 28.6 Å². The molecule has 0 saturated heterocycles. The van der Waals surface area contributed by atoms with Crippen molar-refractivity contribution in [2.24, 2.45) is 11.8 Å². The summed E-state index contributed by atoms with van der Waals surface area (Å²) in [6.45, 7) is 11.3. The van der Waals surface area contributed by atoms with E-state index in [2.05, 4.69) is 34.6 Å². The fraction of sp³-hybridized carbons (Fsp3) is 0.930. The van der Waals surface area contributed by atoms with Gasteiger partial charge in [-0.3, -0.25) is 14.4 Å². The van der Waals surface area contributed by atoms with Gasteiger partial charge in [-0.15, -0.1) is 0 Å². The fourth-order valence-electron chi connectivity index (χ4n) is 6.19. The highest BCUT2D eigenvalue weighted by atomic mass is 16.6. The van der Waals surface area contributed by atoms with E-state index in [-0.39, 0.29) is 31.1 Å². The van der Waals surface area contributed by atoms with Crippen LogP contribution in [-0.2, 0) is 28.6 Å². The summed E-state index contributed by atoms with van der Waals surface area (Å²) in [6.07, 6.45) is 32.3. The Morgan fingerprint density at radius 1 is 0.429 bits per heavy atom. The van der Waals surface area contributed by atoms with Crippen molar-refractivity contribution in [1.82, 2.24) is 0 Å². The SMILES string of the molecule is CCCCCCCCCCCC(=O)O[C@H](COC(=O)CCCCCCCCCCCC(C)C)COC(=O)CCCCCCCCC(C)CC. The summed E-state index contributed by atoms with van der Waals surface area (Å²) in [6, 6.07) is 0. The molecule has 6 nitrogen and oxygen atoms in total. The highest BCUT2D eigenvalue weighted by molar-refractivity contribution is 5.71. The summed E-state index contributed by atoms with van der Waals surface area (Å²) in [4.78, 5) is 37.5. The molecule has 0 bridgehead atoms. The van der Waals surface area contributed by atoms with Crippen molar-refractivity contribution in [2.75, 3.05) is 13.2 Å². The van der Waals surface area contributed by atoms with Crippen LogP contribution in [0.2, 0.25) is 0 Å². The zero-order chi connectivity index (χ0) is 36.2. The molecule has 0 spiro atoms. The Morgan fingerprint density at radius 3 is 1.16 bits per heavy atom. The molecule has 0 aliphatic heterocycles. The Labute approximate surface area is 304 Å². The van der Waals surface area contributed by atoms with Crippen molar-refractivity contribution in [1.29, 1.82) is 0 Å². The molecule has 1 unspecified atom stereocenters. The van der Waals surface area contributed by atoms with Crippen LogP contribution in [-0.4, -0.2) is 37.2 Å². The second-order valence-corrected chi connectivity index (χ2v) is 15.3. The lowest BCUT2D eigenvalue weighted by molar-refractivity contribution is -0.167. The van der Waals surface area contributed by atoms with Crippen LogP contribution < -0.4 is 0 Å². The number of carbonyl (C=O) groups excluding carboxylic acids is 3. The van der Waals surface area contributed by atoms with Crippen LogP contribution in [0.25, 0.3) is 0 Å². The van der Waals surface area contributed by atoms with Crippen LogP contribution in [0.1, 0.15) is 227 Å². The minimum absolute atomic E-state index is 0.0664. The molecule has 290 valence electrons. The Kier molecular flexibility index (Phi) is 35.0. The van der Waals surface area contributed by atoms with Gasteiger partial charge in [0.2, 0.25) is 0 Å². The number of ether oxygens (including phenoxy) is 3. The predicted molar refractivity (Wildman–Crippen MR) is 206 cm³/mol. The Balaban J connectivity index is 4.34. The average molecular weight is 695 g/mol. The van der Waals surface area contributed by atoms with Gasteiger partial charge in [0.1, 0.15) is 13.2 Å². The molecule has 0 amide bonds. The molecule has 0 aromatic heterocycles. The molecule has 0 aliphatic rings. The predicted octanol–water partition coefficient (Wildman–Crippen LogP) is 13.0. The third-order valence-electron chi connectivity index (χ3n) is 9.83. The van der Waals surface area contributed by atoms with Crippen molar-refractivity contribution in [3.63, 3.8) is 0 Å². The summed E-state index contributed by atoms with van der Waals surface area (Å²) in [7, 11) is 0. The first-order chi connectivity index (χ1) is 23.8. The van der Waals surface area contributed by atoms with Gasteiger partial charge in [-0.25, -0.2) is 0 Å². The van der Waals surface area contributed by atoms with Gasteiger partial charge in [0.05, 0.1) is 0 Å². The highest BCUT2D eigenvalue weighted by Crippen LogP contribution is 2.16. The van der Waals surface area contributed by atoms with Crippen LogP contribution in [0.15, 0.2) is 0 Å².